The molecule has 2 aliphatic heterocycles. The maximum absolute atomic E-state index is 15.2. The highest BCUT2D eigenvalue weighted by Gasteiger charge is 2.58. The van der Waals surface area contributed by atoms with Gasteiger partial charge in [-0.2, -0.15) is 0 Å². The van der Waals surface area contributed by atoms with E-state index < -0.39 is 63.9 Å². The minimum absolute atomic E-state index is 0.00446. The quantitative estimate of drug-likeness (QED) is 0.0690. The van der Waals surface area contributed by atoms with Gasteiger partial charge in [-0.25, -0.2) is 0 Å². The van der Waals surface area contributed by atoms with Crippen molar-refractivity contribution in [2.24, 2.45) is 27.6 Å². The molecule has 0 unspecified atom stereocenters. The van der Waals surface area contributed by atoms with Gasteiger partial charge in [-0.3, -0.25) is 28.9 Å². The van der Waals surface area contributed by atoms with Crippen LogP contribution in [0.25, 0.3) is 0 Å². The fourth-order valence-electron chi connectivity index (χ4n) is 9.29. The second kappa shape index (κ2) is 18.2. The second-order valence-corrected chi connectivity index (χ2v) is 20.5. The van der Waals surface area contributed by atoms with Gasteiger partial charge in [0.05, 0.1) is 24.0 Å². The summed E-state index contributed by atoms with van der Waals surface area (Å²) in [6.45, 7) is 27.5. The topological polar surface area (TPSA) is 160 Å². The Morgan fingerprint density at radius 1 is 0.842 bits per heavy atom. The molecule has 6 atom stereocenters. The van der Waals surface area contributed by atoms with E-state index in [-0.39, 0.29) is 42.4 Å². The normalized spacial score (nSPS) is 25.5. The Labute approximate surface area is 343 Å². The Kier molecular flexibility index (Phi) is 14.8. The molecule has 0 bridgehead atoms. The molecule has 0 aromatic rings. The smallest absolute Gasteiger partial charge is 0.289 e. The summed E-state index contributed by atoms with van der Waals surface area (Å²) >= 11 is 0. The lowest BCUT2D eigenvalue weighted by Crippen LogP contribution is -2.62. The van der Waals surface area contributed by atoms with Crippen LogP contribution in [0.3, 0.4) is 0 Å². The molecule has 2 heterocycles. The first-order valence-electron chi connectivity index (χ1n) is 21.8. The van der Waals surface area contributed by atoms with Crippen molar-refractivity contribution in [1.29, 1.82) is 0 Å². The molecule has 12 heteroatoms. The number of likely N-dealkylation sites (tertiary alicyclic amines) is 2. The van der Waals surface area contributed by atoms with Gasteiger partial charge in [-0.05, 0) is 93.9 Å². The number of hydrogen-bond acceptors (Lipinski definition) is 8. The third-order valence-corrected chi connectivity index (χ3v) is 13.7. The van der Waals surface area contributed by atoms with Gasteiger partial charge in [0.15, 0.2) is 0 Å². The highest BCUT2D eigenvalue weighted by atomic mass is 16.2. The average molecular weight is 797 g/mol. The number of carbonyl (C=O) groups excluding carboxylic acids is 5. The first kappa shape index (κ1) is 46.3. The summed E-state index contributed by atoms with van der Waals surface area (Å²) in [5.41, 5.74) is -1.75. The van der Waals surface area contributed by atoms with Crippen LogP contribution in [0.2, 0.25) is 0 Å². The molecule has 322 valence electrons. The Morgan fingerprint density at radius 3 is 1.96 bits per heavy atom. The van der Waals surface area contributed by atoms with Crippen LogP contribution in [0.15, 0.2) is 24.6 Å². The van der Waals surface area contributed by atoms with Gasteiger partial charge < -0.3 is 31.3 Å². The number of carbonyl (C=O) groups is 5. The van der Waals surface area contributed by atoms with Crippen LogP contribution in [0.5, 0.6) is 0 Å². The molecule has 0 aromatic heterocycles. The van der Waals surface area contributed by atoms with Crippen molar-refractivity contribution < 1.29 is 29.1 Å². The number of rotatable bonds is 17. The van der Waals surface area contributed by atoms with Gasteiger partial charge in [-0.15, -0.1) is 6.58 Å². The zero-order valence-corrected chi connectivity index (χ0v) is 37.1. The van der Waals surface area contributed by atoms with E-state index in [1.54, 1.807) is 4.90 Å². The van der Waals surface area contributed by atoms with E-state index >= 15 is 4.79 Å². The lowest BCUT2D eigenvalue weighted by Gasteiger charge is -2.51. The zero-order valence-electron chi connectivity index (χ0n) is 37.1. The van der Waals surface area contributed by atoms with Gasteiger partial charge in [0.2, 0.25) is 23.5 Å². The molecule has 2 saturated heterocycles. The van der Waals surface area contributed by atoms with Gasteiger partial charge in [0.25, 0.3) is 5.91 Å². The standard InChI is InChI=1S/C45H76N6O6/c1-13-18-31(35(53)39(55)46-30-22-23-30)48-38(54)34-25-45(14-2,44(11,12)29-19-17-20-29)27-51(34)41(57)37(43(8,9)10)49-40(56)36(42(5,6)7)47-32(26-52)33-21-15-16-24-50(33)28(3)4/h14,26,28-31,33-34,36-37,47,52H,2,13,15-25,27H2,1,3-12H3,(H,46,55)(H,48,54)(H,49,56)/b32-26-/t31-,33-,34-,36+,37+,45-/m0/s1. The van der Waals surface area contributed by atoms with Crippen LogP contribution < -0.4 is 21.3 Å². The predicted molar refractivity (Wildman–Crippen MR) is 225 cm³/mol. The molecule has 2 saturated carbocycles. The van der Waals surface area contributed by atoms with Crippen LogP contribution in [-0.2, 0) is 24.0 Å². The lowest BCUT2D eigenvalue weighted by molar-refractivity contribution is -0.145. The van der Waals surface area contributed by atoms with E-state index in [1.165, 1.54) is 0 Å². The van der Waals surface area contributed by atoms with Crippen molar-refractivity contribution in [2.45, 2.75) is 189 Å². The van der Waals surface area contributed by atoms with E-state index in [2.05, 4.69) is 60.4 Å². The molecular weight excluding hydrogens is 721 g/mol. The SMILES string of the molecule is C=C[C@]1(C(C)(C)C2CCC2)C[C@@H](C(=O)N[C@@H](CCC)C(=O)C(=O)NC2CC2)N(C(=O)[C@@H](NC(=O)[C@@H](N/C(=C\O)[C@@H]2CCCCN2C(C)C)C(C)(C)C)C(C)(C)C)C1. The zero-order chi connectivity index (χ0) is 42.7. The third-order valence-electron chi connectivity index (χ3n) is 13.7. The summed E-state index contributed by atoms with van der Waals surface area (Å²) in [4.78, 5) is 74.6. The Balaban J connectivity index is 1.68. The van der Waals surface area contributed by atoms with E-state index in [4.69, 9.17) is 0 Å². The van der Waals surface area contributed by atoms with Gasteiger partial charge in [0.1, 0.15) is 18.1 Å². The molecule has 57 heavy (non-hydrogen) atoms. The Morgan fingerprint density at radius 2 is 1.47 bits per heavy atom. The molecule has 4 rings (SSSR count). The molecule has 4 fully saturated rings. The number of hydrogen-bond donors (Lipinski definition) is 5. The van der Waals surface area contributed by atoms with Crippen LogP contribution in [0, 0.1) is 27.6 Å². The Hall–Kier alpha value is -3.41. The summed E-state index contributed by atoms with van der Waals surface area (Å²) < 4.78 is 0. The average Bonchev–Trinajstić information content (AvgIpc) is 3.82. The number of aliphatic hydroxyl groups is 1. The fourth-order valence-corrected chi connectivity index (χ4v) is 9.29. The molecular formula is C45H76N6O6. The molecule has 4 aliphatic rings. The number of amides is 4. The van der Waals surface area contributed by atoms with Gasteiger partial charge in [-0.1, -0.05) is 87.7 Å². The van der Waals surface area contributed by atoms with E-state index in [0.29, 0.717) is 24.5 Å². The minimum atomic E-state index is -1.03. The monoisotopic (exact) mass is 797 g/mol. The van der Waals surface area contributed by atoms with E-state index in [9.17, 15) is 24.3 Å². The maximum Gasteiger partial charge on any atom is 0.289 e. The highest BCUT2D eigenvalue weighted by molar-refractivity contribution is 6.38. The van der Waals surface area contributed by atoms with E-state index in [0.717, 1.165) is 64.2 Å². The molecule has 2 aliphatic carbocycles. The number of ketones is 1. The lowest BCUT2D eigenvalue weighted by atomic mass is 9.53. The van der Waals surface area contributed by atoms with Crippen molar-refractivity contribution in [3.63, 3.8) is 0 Å². The summed E-state index contributed by atoms with van der Waals surface area (Å²) in [6, 6.07) is -3.68. The van der Waals surface area contributed by atoms with Crippen molar-refractivity contribution in [2.75, 3.05) is 13.1 Å². The largest absolute Gasteiger partial charge is 0.514 e. The van der Waals surface area contributed by atoms with Crippen molar-refractivity contribution in [3.05, 3.63) is 24.6 Å². The number of Topliss-reactive ketones (excluding diaryl/α,β-unsaturated/α-hetero) is 1. The first-order chi connectivity index (χ1) is 26.5. The van der Waals surface area contributed by atoms with Crippen LogP contribution in [0.1, 0.15) is 147 Å². The van der Waals surface area contributed by atoms with Crippen LogP contribution in [0.4, 0.5) is 0 Å². The summed E-state index contributed by atoms with van der Waals surface area (Å²) in [6.07, 6.45) is 12.0. The van der Waals surface area contributed by atoms with Crippen LogP contribution in [-0.4, -0.2) is 99.7 Å². The Bertz CT molecular complexity index is 1520. The highest BCUT2D eigenvalue weighted by Crippen LogP contribution is 2.58. The molecule has 0 aromatic carbocycles. The van der Waals surface area contributed by atoms with Crippen molar-refractivity contribution >= 4 is 29.4 Å². The number of nitrogens with zero attached hydrogens (tertiary/aromatic N) is 2. The van der Waals surface area contributed by atoms with Gasteiger partial charge in [0, 0.05) is 24.0 Å². The number of nitrogens with one attached hydrogen (secondary N) is 4. The summed E-state index contributed by atoms with van der Waals surface area (Å²) in [5, 5.41) is 22.8. The summed E-state index contributed by atoms with van der Waals surface area (Å²) in [7, 11) is 0. The van der Waals surface area contributed by atoms with Crippen LogP contribution >= 0.6 is 0 Å². The third kappa shape index (κ3) is 10.4. The molecule has 12 nitrogen and oxygen atoms in total. The maximum atomic E-state index is 15.2. The minimum Gasteiger partial charge on any atom is -0.514 e. The van der Waals surface area contributed by atoms with Gasteiger partial charge >= 0.3 is 0 Å². The first-order valence-corrected chi connectivity index (χ1v) is 21.8. The molecule has 5 N–H and O–H groups in total. The fraction of sp³-hybridized carbons (Fsp3) is 0.800. The van der Waals surface area contributed by atoms with Crippen molar-refractivity contribution in [3.8, 4) is 0 Å². The van der Waals surface area contributed by atoms with Crippen molar-refractivity contribution in [1.82, 2.24) is 31.1 Å². The number of piperidine rings is 1. The molecule has 0 spiro atoms. The summed E-state index contributed by atoms with van der Waals surface area (Å²) in [5.74, 6) is -2.26. The number of aliphatic hydroxyl groups excluding tert-OH is 1. The second-order valence-electron chi connectivity index (χ2n) is 20.5. The molecule has 0 radical (unpaired) electrons. The molecule has 4 amide bonds. The van der Waals surface area contributed by atoms with E-state index in [1.807, 2.05) is 54.5 Å². The predicted octanol–water partition coefficient (Wildman–Crippen LogP) is 5.92.